The van der Waals surface area contributed by atoms with Gasteiger partial charge < -0.3 is 10.2 Å². The highest BCUT2D eigenvalue weighted by Crippen LogP contribution is 2.21. The van der Waals surface area contributed by atoms with Gasteiger partial charge in [0.2, 0.25) is 21.8 Å². The summed E-state index contributed by atoms with van der Waals surface area (Å²) in [5.74, 6) is -0.818. The summed E-state index contributed by atoms with van der Waals surface area (Å²) >= 11 is 12.1. The minimum atomic E-state index is -3.93. The fourth-order valence-electron chi connectivity index (χ4n) is 3.17. The number of halogens is 2. The molecule has 0 radical (unpaired) electrons. The van der Waals surface area contributed by atoms with Crippen LogP contribution >= 0.6 is 23.2 Å². The molecule has 0 bridgehead atoms. The van der Waals surface area contributed by atoms with Crippen molar-refractivity contribution < 1.29 is 18.0 Å². The Morgan fingerprint density at radius 1 is 1.03 bits per heavy atom. The van der Waals surface area contributed by atoms with Crippen molar-refractivity contribution in [2.45, 2.75) is 37.8 Å². The van der Waals surface area contributed by atoms with Gasteiger partial charge in [0.05, 0.1) is 11.4 Å². The van der Waals surface area contributed by atoms with Crippen LogP contribution in [0.3, 0.4) is 0 Å². The number of likely N-dealkylation sites (N-methyl/N-ethyl adjacent to an activating group) is 2. The molecule has 0 spiro atoms. The lowest BCUT2D eigenvalue weighted by Crippen LogP contribution is -2.51. The molecule has 0 heterocycles. The number of amides is 2. The molecule has 32 heavy (non-hydrogen) atoms. The Balaban J connectivity index is 2.33. The van der Waals surface area contributed by atoms with E-state index in [-0.39, 0.29) is 17.3 Å². The van der Waals surface area contributed by atoms with E-state index in [0.29, 0.717) is 28.6 Å². The number of nitrogens with one attached hydrogen (secondary N) is 1. The van der Waals surface area contributed by atoms with E-state index in [9.17, 15) is 18.0 Å². The van der Waals surface area contributed by atoms with Crippen molar-refractivity contribution in [3.63, 3.8) is 0 Å². The second-order valence-corrected chi connectivity index (χ2v) is 10.0. The molecule has 0 saturated carbocycles. The van der Waals surface area contributed by atoms with Crippen LogP contribution < -0.4 is 5.32 Å². The maximum Gasteiger partial charge on any atom is 0.243 e. The summed E-state index contributed by atoms with van der Waals surface area (Å²) in [5, 5.41) is 3.60. The van der Waals surface area contributed by atoms with Crippen molar-refractivity contribution in [1.29, 1.82) is 0 Å². The maximum absolute atomic E-state index is 13.3. The van der Waals surface area contributed by atoms with Crippen molar-refractivity contribution in [3.8, 4) is 0 Å². The zero-order chi connectivity index (χ0) is 23.9. The third-order valence-corrected chi connectivity index (χ3v) is 7.35. The molecule has 0 aromatic heterocycles. The molecule has 0 aliphatic rings. The highest BCUT2D eigenvalue weighted by atomic mass is 35.5. The van der Waals surface area contributed by atoms with E-state index >= 15 is 0 Å². The average Bonchev–Trinajstić information content (AvgIpc) is 2.75. The van der Waals surface area contributed by atoms with Gasteiger partial charge in [-0.25, -0.2) is 8.42 Å². The highest BCUT2D eigenvalue weighted by molar-refractivity contribution is 7.89. The summed E-state index contributed by atoms with van der Waals surface area (Å²) in [5.41, 5.74) is 0.661. The zero-order valence-electron chi connectivity index (χ0n) is 18.2. The Labute approximate surface area is 199 Å². The van der Waals surface area contributed by atoms with E-state index in [4.69, 9.17) is 23.2 Å². The smallest absolute Gasteiger partial charge is 0.243 e. The van der Waals surface area contributed by atoms with Crippen LogP contribution in [0, 0.1) is 0 Å². The SMILES string of the molecule is CCNC(=O)[C@H](CC)N(Cc1ccccc1Cl)C(=O)CN(C)S(=O)(=O)c1ccc(Cl)cc1. The average molecular weight is 500 g/mol. The molecule has 0 aliphatic heterocycles. The molecular weight excluding hydrogens is 473 g/mol. The molecule has 1 N–H and O–H groups in total. The number of hydrogen-bond donors (Lipinski definition) is 1. The molecule has 0 unspecified atom stereocenters. The number of sulfonamides is 1. The van der Waals surface area contributed by atoms with E-state index in [2.05, 4.69) is 5.32 Å². The normalized spacial score (nSPS) is 12.4. The first kappa shape index (κ1) is 26.1. The van der Waals surface area contributed by atoms with Crippen molar-refractivity contribution in [1.82, 2.24) is 14.5 Å². The van der Waals surface area contributed by atoms with Gasteiger partial charge in [-0.05, 0) is 49.2 Å². The lowest BCUT2D eigenvalue weighted by Gasteiger charge is -2.32. The molecule has 1 atom stereocenters. The molecule has 0 saturated heterocycles. The van der Waals surface area contributed by atoms with E-state index in [1.54, 1.807) is 38.1 Å². The largest absolute Gasteiger partial charge is 0.355 e. The Bertz CT molecular complexity index is 1050. The molecule has 2 aromatic rings. The fourth-order valence-corrected chi connectivity index (χ4v) is 4.62. The number of nitrogens with zero attached hydrogens (tertiary/aromatic N) is 2. The first-order valence-electron chi connectivity index (χ1n) is 10.1. The van der Waals surface area contributed by atoms with Crippen LogP contribution in [0.25, 0.3) is 0 Å². The van der Waals surface area contributed by atoms with Crippen LogP contribution in [-0.2, 0) is 26.2 Å². The van der Waals surface area contributed by atoms with Gasteiger partial charge in [0.1, 0.15) is 6.04 Å². The van der Waals surface area contributed by atoms with Gasteiger partial charge in [-0.2, -0.15) is 4.31 Å². The van der Waals surface area contributed by atoms with Crippen molar-refractivity contribution >= 4 is 45.0 Å². The molecule has 2 rings (SSSR count). The predicted molar refractivity (Wildman–Crippen MR) is 126 cm³/mol. The number of rotatable bonds is 10. The van der Waals surface area contributed by atoms with Gasteiger partial charge in [-0.1, -0.05) is 48.3 Å². The molecule has 2 amide bonds. The van der Waals surface area contributed by atoms with Gasteiger partial charge in [-0.3, -0.25) is 9.59 Å². The van der Waals surface area contributed by atoms with Crippen LogP contribution in [0.2, 0.25) is 10.0 Å². The number of carbonyl (C=O) groups excluding carboxylic acids is 2. The second-order valence-electron chi connectivity index (χ2n) is 7.15. The van der Waals surface area contributed by atoms with E-state index < -0.39 is 28.5 Å². The van der Waals surface area contributed by atoms with Crippen LogP contribution in [0.1, 0.15) is 25.8 Å². The Hall–Kier alpha value is -2.13. The summed E-state index contributed by atoms with van der Waals surface area (Å²) in [6, 6.07) is 11.9. The molecule has 10 heteroatoms. The molecule has 174 valence electrons. The van der Waals surface area contributed by atoms with Crippen LogP contribution in [0.4, 0.5) is 0 Å². The van der Waals surface area contributed by atoms with Crippen LogP contribution in [-0.4, -0.2) is 55.6 Å². The van der Waals surface area contributed by atoms with Crippen molar-refractivity contribution in [2.75, 3.05) is 20.1 Å². The molecular formula is C22H27Cl2N3O4S. The lowest BCUT2D eigenvalue weighted by atomic mass is 10.1. The van der Waals surface area contributed by atoms with Crippen LogP contribution in [0.15, 0.2) is 53.4 Å². The van der Waals surface area contributed by atoms with Gasteiger partial charge >= 0.3 is 0 Å². The van der Waals surface area contributed by atoms with Gasteiger partial charge in [0.25, 0.3) is 0 Å². The van der Waals surface area contributed by atoms with Crippen molar-refractivity contribution in [3.05, 3.63) is 64.1 Å². The van der Waals surface area contributed by atoms with E-state index in [1.165, 1.54) is 36.2 Å². The summed E-state index contributed by atoms with van der Waals surface area (Å²) in [7, 11) is -2.61. The van der Waals surface area contributed by atoms with Crippen molar-refractivity contribution in [2.24, 2.45) is 0 Å². The maximum atomic E-state index is 13.3. The number of carbonyl (C=O) groups is 2. The molecule has 0 fully saturated rings. The number of hydrogen-bond acceptors (Lipinski definition) is 4. The summed E-state index contributed by atoms with van der Waals surface area (Å²) < 4.78 is 26.8. The van der Waals surface area contributed by atoms with E-state index in [0.717, 1.165) is 4.31 Å². The lowest BCUT2D eigenvalue weighted by molar-refractivity contribution is -0.141. The predicted octanol–water partition coefficient (Wildman–Crippen LogP) is 3.56. The molecule has 2 aromatic carbocycles. The molecule has 0 aliphatic carbocycles. The summed E-state index contributed by atoms with van der Waals surface area (Å²) in [6.07, 6.45) is 0.357. The minimum absolute atomic E-state index is 0.0191. The third-order valence-electron chi connectivity index (χ3n) is 4.92. The minimum Gasteiger partial charge on any atom is -0.355 e. The summed E-state index contributed by atoms with van der Waals surface area (Å²) in [4.78, 5) is 27.3. The highest BCUT2D eigenvalue weighted by Gasteiger charge is 2.31. The standard InChI is InChI=1S/C22H27Cl2N3O4S/c1-4-20(22(29)25-5-2)27(14-16-8-6-7-9-19(16)24)21(28)15-26(3)32(30,31)18-12-10-17(23)11-13-18/h6-13,20H,4-5,14-15H2,1-3H3,(H,25,29)/t20-/m0/s1. The Morgan fingerprint density at radius 2 is 1.66 bits per heavy atom. The van der Waals surface area contributed by atoms with Gasteiger partial charge in [-0.15, -0.1) is 0 Å². The quantitative estimate of drug-likeness (QED) is 0.541. The van der Waals surface area contributed by atoms with E-state index in [1.807, 2.05) is 0 Å². The Kier molecular flexibility index (Phi) is 9.51. The zero-order valence-corrected chi connectivity index (χ0v) is 20.5. The fraction of sp³-hybridized carbons (Fsp3) is 0.364. The second kappa shape index (κ2) is 11.7. The third kappa shape index (κ3) is 6.45. The van der Waals surface area contributed by atoms with Gasteiger partial charge in [0, 0.05) is 30.2 Å². The first-order valence-corrected chi connectivity index (χ1v) is 12.3. The first-order chi connectivity index (χ1) is 15.1. The molecule has 7 nitrogen and oxygen atoms in total. The topological polar surface area (TPSA) is 86.8 Å². The van der Waals surface area contributed by atoms with Crippen LogP contribution in [0.5, 0.6) is 0 Å². The van der Waals surface area contributed by atoms with Gasteiger partial charge in [0.15, 0.2) is 0 Å². The monoisotopic (exact) mass is 499 g/mol. The summed E-state index contributed by atoms with van der Waals surface area (Å²) in [6.45, 7) is 3.63. The Morgan fingerprint density at radius 3 is 2.22 bits per heavy atom. The number of benzene rings is 2.